The summed E-state index contributed by atoms with van der Waals surface area (Å²) >= 11 is 5.87. The largest absolute Gasteiger partial charge is 0.329 e. The SMILES string of the molecule is CC1=CC(c2ccccc2)n2nc(NC(=O)C=Cc3ccc(Cl)cc3)nc2N1. The highest BCUT2D eigenvalue weighted by molar-refractivity contribution is 6.30. The molecule has 2 N–H and O–H groups in total. The Morgan fingerprint density at radius 1 is 1.18 bits per heavy atom. The predicted octanol–water partition coefficient (Wildman–Crippen LogP) is 4.50. The molecule has 1 aromatic heterocycles. The van der Waals surface area contributed by atoms with Gasteiger partial charge in [-0.2, -0.15) is 4.98 Å². The number of carbonyl (C=O) groups excluding carboxylic acids is 1. The highest BCUT2D eigenvalue weighted by Crippen LogP contribution is 2.29. The van der Waals surface area contributed by atoms with Crippen LogP contribution in [0.3, 0.4) is 0 Å². The smallest absolute Gasteiger partial charge is 0.250 e. The van der Waals surface area contributed by atoms with Gasteiger partial charge in [-0.05, 0) is 42.3 Å². The molecular formula is C21H18ClN5O. The quantitative estimate of drug-likeness (QED) is 0.642. The molecule has 7 heteroatoms. The molecule has 0 aliphatic carbocycles. The van der Waals surface area contributed by atoms with Gasteiger partial charge in [-0.3, -0.25) is 10.1 Å². The van der Waals surface area contributed by atoms with Gasteiger partial charge in [0.25, 0.3) is 11.9 Å². The standard InChI is InChI=1S/C21H18ClN5O/c1-14-13-18(16-5-3-2-4-6-16)27-21(23-14)25-20(26-27)24-19(28)12-9-15-7-10-17(22)11-8-15/h2-13,18H,1H3,(H2,23,24,25,26,28). The van der Waals surface area contributed by atoms with Crippen molar-refractivity contribution in [1.29, 1.82) is 0 Å². The Labute approximate surface area is 167 Å². The van der Waals surface area contributed by atoms with Crippen LogP contribution in [0.2, 0.25) is 5.02 Å². The van der Waals surface area contributed by atoms with E-state index in [4.69, 9.17) is 11.6 Å². The highest BCUT2D eigenvalue weighted by Gasteiger charge is 2.23. The number of hydrogen-bond donors (Lipinski definition) is 2. The van der Waals surface area contributed by atoms with Crippen molar-refractivity contribution in [3.05, 3.63) is 88.6 Å². The maximum absolute atomic E-state index is 12.2. The van der Waals surface area contributed by atoms with Crippen LogP contribution in [0.15, 0.2) is 72.4 Å². The second kappa shape index (κ2) is 7.70. The zero-order valence-electron chi connectivity index (χ0n) is 15.1. The van der Waals surface area contributed by atoms with E-state index < -0.39 is 0 Å². The van der Waals surface area contributed by atoms with E-state index in [2.05, 4.69) is 26.8 Å². The maximum atomic E-state index is 12.2. The van der Waals surface area contributed by atoms with Crippen LogP contribution in [0.5, 0.6) is 0 Å². The van der Waals surface area contributed by atoms with Crippen LogP contribution >= 0.6 is 11.6 Å². The number of nitrogens with one attached hydrogen (secondary N) is 2. The van der Waals surface area contributed by atoms with E-state index in [0.717, 1.165) is 16.8 Å². The Balaban J connectivity index is 1.52. The second-order valence-corrected chi connectivity index (χ2v) is 6.84. The fourth-order valence-electron chi connectivity index (χ4n) is 2.97. The number of benzene rings is 2. The maximum Gasteiger partial charge on any atom is 0.250 e. The molecule has 3 aromatic rings. The van der Waals surface area contributed by atoms with Gasteiger partial charge in [-0.25, -0.2) is 4.68 Å². The molecule has 2 aromatic carbocycles. The van der Waals surface area contributed by atoms with Crippen LogP contribution < -0.4 is 10.6 Å². The minimum absolute atomic E-state index is 0.0831. The number of rotatable bonds is 4. The van der Waals surface area contributed by atoms with Crippen molar-refractivity contribution in [2.75, 3.05) is 10.6 Å². The van der Waals surface area contributed by atoms with Crippen molar-refractivity contribution in [3.63, 3.8) is 0 Å². The van der Waals surface area contributed by atoms with Crippen molar-refractivity contribution in [2.24, 2.45) is 0 Å². The summed E-state index contributed by atoms with van der Waals surface area (Å²) in [6.45, 7) is 1.97. The summed E-state index contributed by atoms with van der Waals surface area (Å²) in [5.74, 6) is 0.530. The number of halogens is 1. The van der Waals surface area contributed by atoms with Crippen LogP contribution in [0.4, 0.5) is 11.9 Å². The molecule has 1 unspecified atom stereocenters. The van der Waals surface area contributed by atoms with E-state index in [-0.39, 0.29) is 17.9 Å². The number of amides is 1. The molecule has 1 aliphatic heterocycles. The van der Waals surface area contributed by atoms with Gasteiger partial charge in [0.05, 0.1) is 0 Å². The first-order valence-corrected chi connectivity index (χ1v) is 9.18. The van der Waals surface area contributed by atoms with Crippen LogP contribution in [0.25, 0.3) is 6.08 Å². The fourth-order valence-corrected chi connectivity index (χ4v) is 3.09. The number of nitrogens with zero attached hydrogens (tertiary/aromatic N) is 3. The number of hydrogen-bond acceptors (Lipinski definition) is 4. The van der Waals surface area contributed by atoms with Gasteiger partial charge in [-0.1, -0.05) is 54.1 Å². The van der Waals surface area contributed by atoms with Crippen molar-refractivity contribution >= 4 is 35.5 Å². The first kappa shape index (κ1) is 18.0. The lowest BCUT2D eigenvalue weighted by Crippen LogP contribution is -2.19. The summed E-state index contributed by atoms with van der Waals surface area (Å²) < 4.78 is 1.76. The fraction of sp³-hybridized carbons (Fsp3) is 0.0952. The average molecular weight is 392 g/mol. The van der Waals surface area contributed by atoms with Gasteiger partial charge in [-0.15, -0.1) is 5.10 Å². The predicted molar refractivity (Wildman–Crippen MR) is 111 cm³/mol. The molecule has 1 amide bonds. The van der Waals surface area contributed by atoms with E-state index in [1.165, 1.54) is 6.08 Å². The summed E-state index contributed by atoms with van der Waals surface area (Å²) in [6.07, 6.45) is 5.22. The van der Waals surface area contributed by atoms with E-state index in [1.54, 1.807) is 22.9 Å². The summed E-state index contributed by atoms with van der Waals surface area (Å²) in [5, 5.41) is 11.0. The topological polar surface area (TPSA) is 71.8 Å². The van der Waals surface area contributed by atoms with Gasteiger partial charge >= 0.3 is 0 Å². The van der Waals surface area contributed by atoms with Crippen LogP contribution in [-0.4, -0.2) is 20.7 Å². The van der Waals surface area contributed by atoms with Crippen LogP contribution in [-0.2, 0) is 4.79 Å². The Morgan fingerprint density at radius 2 is 1.93 bits per heavy atom. The van der Waals surface area contributed by atoms with Crippen LogP contribution in [0, 0.1) is 0 Å². The molecule has 1 aliphatic rings. The van der Waals surface area contributed by atoms with Crippen molar-refractivity contribution < 1.29 is 4.79 Å². The minimum atomic E-state index is -0.307. The lowest BCUT2D eigenvalue weighted by molar-refractivity contribution is -0.111. The normalized spacial score (nSPS) is 15.6. The molecule has 4 rings (SSSR count). The lowest BCUT2D eigenvalue weighted by atomic mass is 10.1. The van der Waals surface area contributed by atoms with Gasteiger partial charge < -0.3 is 5.32 Å². The third kappa shape index (κ3) is 3.97. The Kier molecular flexibility index (Phi) is 4.95. The highest BCUT2D eigenvalue weighted by atomic mass is 35.5. The molecule has 0 saturated heterocycles. The number of fused-ring (bicyclic) bond motifs is 1. The number of carbonyl (C=O) groups is 1. The van der Waals surface area contributed by atoms with Gasteiger partial charge in [0, 0.05) is 16.8 Å². The first-order valence-electron chi connectivity index (χ1n) is 8.80. The van der Waals surface area contributed by atoms with E-state index in [9.17, 15) is 4.79 Å². The van der Waals surface area contributed by atoms with Gasteiger partial charge in [0.15, 0.2) is 0 Å². The third-order valence-electron chi connectivity index (χ3n) is 4.28. The second-order valence-electron chi connectivity index (χ2n) is 6.41. The molecule has 2 heterocycles. The summed E-state index contributed by atoms with van der Waals surface area (Å²) in [6, 6.07) is 17.2. The van der Waals surface area contributed by atoms with E-state index in [1.807, 2.05) is 49.4 Å². The lowest BCUT2D eigenvalue weighted by Gasteiger charge is -2.22. The molecular weight excluding hydrogens is 374 g/mol. The molecule has 1 atom stereocenters. The zero-order valence-corrected chi connectivity index (χ0v) is 15.9. The van der Waals surface area contributed by atoms with Crippen molar-refractivity contribution in [3.8, 4) is 0 Å². The molecule has 0 bridgehead atoms. The Bertz CT molecular complexity index is 1050. The summed E-state index contributed by atoms with van der Waals surface area (Å²) in [4.78, 5) is 16.6. The third-order valence-corrected chi connectivity index (χ3v) is 4.54. The van der Waals surface area contributed by atoms with Crippen molar-refractivity contribution in [2.45, 2.75) is 13.0 Å². The molecule has 140 valence electrons. The summed E-state index contributed by atoms with van der Waals surface area (Å²) in [5.41, 5.74) is 2.95. The molecule has 0 fully saturated rings. The summed E-state index contributed by atoms with van der Waals surface area (Å²) in [7, 11) is 0. The number of anilines is 2. The van der Waals surface area contributed by atoms with E-state index >= 15 is 0 Å². The van der Waals surface area contributed by atoms with Crippen LogP contribution in [0.1, 0.15) is 24.1 Å². The van der Waals surface area contributed by atoms with Crippen molar-refractivity contribution in [1.82, 2.24) is 14.8 Å². The number of aromatic nitrogens is 3. The Hall–Kier alpha value is -3.38. The van der Waals surface area contributed by atoms with E-state index in [0.29, 0.717) is 11.0 Å². The molecule has 0 radical (unpaired) electrons. The monoisotopic (exact) mass is 391 g/mol. The number of allylic oxidation sites excluding steroid dienone is 2. The zero-order chi connectivity index (χ0) is 19.5. The molecule has 0 saturated carbocycles. The van der Waals surface area contributed by atoms with Gasteiger partial charge in [0.1, 0.15) is 6.04 Å². The molecule has 28 heavy (non-hydrogen) atoms. The first-order chi connectivity index (χ1) is 13.6. The molecule has 0 spiro atoms. The molecule has 6 nitrogen and oxygen atoms in total. The van der Waals surface area contributed by atoms with Gasteiger partial charge in [0.2, 0.25) is 5.95 Å². The minimum Gasteiger partial charge on any atom is -0.329 e. The Morgan fingerprint density at radius 3 is 2.68 bits per heavy atom. The average Bonchev–Trinajstić information content (AvgIpc) is 3.09.